The molecule has 0 saturated heterocycles. The Morgan fingerprint density at radius 2 is 0.838 bits per heavy atom. The van der Waals surface area contributed by atoms with Crippen LogP contribution in [0.25, 0.3) is 11.1 Å². The van der Waals surface area contributed by atoms with Crippen molar-refractivity contribution in [3.63, 3.8) is 0 Å². The Morgan fingerprint density at radius 3 is 1.22 bits per heavy atom. The number of ether oxygens (including phenoxy) is 2. The molecule has 0 aromatic heterocycles. The molecule has 37 heavy (non-hydrogen) atoms. The summed E-state index contributed by atoms with van der Waals surface area (Å²) >= 11 is 0. The second-order valence-electron chi connectivity index (χ2n) is 10.5. The lowest BCUT2D eigenvalue weighted by Crippen LogP contribution is -1.97. The molecule has 206 valence electrons. The molecule has 2 aromatic rings. The van der Waals surface area contributed by atoms with Gasteiger partial charge in [0.25, 0.3) is 0 Å². The maximum atomic E-state index is 5.97. The number of allylic oxidation sites excluding steroid dienone is 1. The van der Waals surface area contributed by atoms with Gasteiger partial charge in [0, 0.05) is 0 Å². The van der Waals surface area contributed by atoms with E-state index in [2.05, 4.69) is 62.0 Å². The molecule has 0 unspecified atom stereocenters. The van der Waals surface area contributed by atoms with Crippen LogP contribution in [0.2, 0.25) is 0 Å². The van der Waals surface area contributed by atoms with Gasteiger partial charge in [-0.05, 0) is 61.1 Å². The van der Waals surface area contributed by atoms with Gasteiger partial charge in [0.15, 0.2) is 0 Å². The summed E-state index contributed by atoms with van der Waals surface area (Å²) < 4.78 is 11.9. The van der Waals surface area contributed by atoms with Crippen LogP contribution < -0.4 is 9.47 Å². The molecule has 0 aliphatic heterocycles. The molecule has 0 aliphatic rings. The van der Waals surface area contributed by atoms with Gasteiger partial charge in [-0.1, -0.05) is 127 Å². The summed E-state index contributed by atoms with van der Waals surface area (Å²) in [5.41, 5.74) is 2.43. The lowest BCUT2D eigenvalue weighted by Gasteiger charge is -2.09. The van der Waals surface area contributed by atoms with Crippen molar-refractivity contribution in [3.8, 4) is 22.6 Å². The maximum Gasteiger partial charge on any atom is 0.119 e. The summed E-state index contributed by atoms with van der Waals surface area (Å²) in [5.74, 6) is 1.93. The van der Waals surface area contributed by atoms with Crippen molar-refractivity contribution in [1.82, 2.24) is 0 Å². The van der Waals surface area contributed by atoms with E-state index in [9.17, 15) is 0 Å². The van der Waals surface area contributed by atoms with Crippen molar-refractivity contribution in [2.45, 2.75) is 122 Å². The fourth-order valence-corrected chi connectivity index (χ4v) is 4.73. The van der Waals surface area contributed by atoms with E-state index in [1.54, 1.807) is 0 Å². The normalized spacial score (nSPS) is 10.9. The molecule has 0 atom stereocenters. The van der Waals surface area contributed by atoms with E-state index >= 15 is 0 Å². The van der Waals surface area contributed by atoms with Crippen molar-refractivity contribution < 1.29 is 9.47 Å². The van der Waals surface area contributed by atoms with Crippen molar-refractivity contribution in [2.24, 2.45) is 0 Å². The first-order valence-electron chi connectivity index (χ1n) is 15.4. The Hall–Kier alpha value is -2.22. The lowest BCUT2D eigenvalue weighted by atomic mass is 10.1. The molecule has 0 bridgehead atoms. The molecule has 0 amide bonds. The Balaban J connectivity index is 1.52. The Morgan fingerprint density at radius 1 is 0.486 bits per heavy atom. The van der Waals surface area contributed by atoms with E-state index < -0.39 is 0 Å². The second kappa shape index (κ2) is 21.8. The minimum atomic E-state index is 0.806. The summed E-state index contributed by atoms with van der Waals surface area (Å²) in [6, 6.07) is 17.0. The monoisotopic (exact) mass is 506 g/mol. The zero-order chi connectivity index (χ0) is 26.2. The van der Waals surface area contributed by atoms with Crippen molar-refractivity contribution in [1.29, 1.82) is 0 Å². The van der Waals surface area contributed by atoms with E-state index in [1.807, 2.05) is 6.08 Å². The Kier molecular flexibility index (Phi) is 18.3. The highest BCUT2D eigenvalue weighted by molar-refractivity contribution is 5.64. The summed E-state index contributed by atoms with van der Waals surface area (Å²) in [6.45, 7) is 7.69. The highest BCUT2D eigenvalue weighted by Gasteiger charge is 2.01. The van der Waals surface area contributed by atoms with Crippen LogP contribution >= 0.6 is 0 Å². The molecule has 0 radical (unpaired) electrons. The van der Waals surface area contributed by atoms with Crippen LogP contribution in [0.4, 0.5) is 0 Å². The van der Waals surface area contributed by atoms with Crippen molar-refractivity contribution in [3.05, 3.63) is 61.2 Å². The van der Waals surface area contributed by atoms with Gasteiger partial charge >= 0.3 is 0 Å². The molecule has 2 rings (SSSR count). The summed E-state index contributed by atoms with van der Waals surface area (Å²) in [5, 5.41) is 0. The highest BCUT2D eigenvalue weighted by atomic mass is 16.5. The van der Waals surface area contributed by atoms with Crippen LogP contribution in [0.1, 0.15) is 122 Å². The van der Waals surface area contributed by atoms with Gasteiger partial charge in [0.1, 0.15) is 11.5 Å². The minimum Gasteiger partial charge on any atom is -0.494 e. The van der Waals surface area contributed by atoms with Gasteiger partial charge in [-0.25, -0.2) is 0 Å². The van der Waals surface area contributed by atoms with Crippen LogP contribution in [-0.4, -0.2) is 13.2 Å². The maximum absolute atomic E-state index is 5.97. The van der Waals surface area contributed by atoms with Gasteiger partial charge in [-0.15, -0.1) is 6.58 Å². The van der Waals surface area contributed by atoms with Crippen molar-refractivity contribution in [2.75, 3.05) is 13.2 Å². The predicted octanol–water partition coefficient (Wildman–Crippen LogP) is 11.3. The SMILES string of the molecule is C=CCCCCCCCCCOc1ccc(-c2ccc(OCCCCCCCCCCCC)cc2)cc1. The van der Waals surface area contributed by atoms with Crippen LogP contribution in [-0.2, 0) is 0 Å². The first-order valence-corrected chi connectivity index (χ1v) is 15.4. The number of hydrogen-bond donors (Lipinski definition) is 0. The van der Waals surface area contributed by atoms with E-state index in [0.717, 1.165) is 44.0 Å². The third kappa shape index (κ3) is 15.6. The van der Waals surface area contributed by atoms with Crippen LogP contribution in [0.3, 0.4) is 0 Å². The minimum absolute atomic E-state index is 0.806. The van der Waals surface area contributed by atoms with Crippen LogP contribution in [0, 0.1) is 0 Å². The molecular weight excluding hydrogens is 452 g/mol. The highest BCUT2D eigenvalue weighted by Crippen LogP contribution is 2.25. The second-order valence-corrected chi connectivity index (χ2v) is 10.5. The quantitative estimate of drug-likeness (QED) is 0.104. The van der Waals surface area contributed by atoms with Gasteiger partial charge in [0.2, 0.25) is 0 Å². The fourth-order valence-electron chi connectivity index (χ4n) is 4.73. The Bertz CT molecular complexity index is 778. The third-order valence-electron chi connectivity index (χ3n) is 7.13. The zero-order valence-electron chi connectivity index (χ0n) is 23.9. The molecule has 0 N–H and O–H groups in total. The number of hydrogen-bond acceptors (Lipinski definition) is 2. The topological polar surface area (TPSA) is 18.5 Å². The number of rotatable bonds is 24. The molecule has 2 heteroatoms. The average Bonchev–Trinajstić information content (AvgIpc) is 2.93. The van der Waals surface area contributed by atoms with E-state index in [4.69, 9.17) is 9.47 Å². The first-order chi connectivity index (χ1) is 18.3. The zero-order valence-corrected chi connectivity index (χ0v) is 23.9. The van der Waals surface area contributed by atoms with E-state index in [0.29, 0.717) is 0 Å². The average molecular weight is 507 g/mol. The van der Waals surface area contributed by atoms with Gasteiger partial charge in [-0.3, -0.25) is 0 Å². The standard InChI is InChI=1S/C35H54O2/c1-3-5-7-9-11-13-15-17-19-21-31-37-35-28-24-33(25-29-35)32-22-26-34(27-23-32)36-30-20-18-16-14-12-10-8-6-4-2/h4,22-29H,2-3,5-21,30-31H2,1H3. The largest absolute Gasteiger partial charge is 0.494 e. The molecule has 0 heterocycles. The van der Waals surface area contributed by atoms with Crippen LogP contribution in [0.5, 0.6) is 11.5 Å². The summed E-state index contributed by atoms with van der Waals surface area (Å²) in [6.07, 6.45) is 25.7. The summed E-state index contributed by atoms with van der Waals surface area (Å²) in [7, 11) is 0. The summed E-state index contributed by atoms with van der Waals surface area (Å²) in [4.78, 5) is 0. The first kappa shape index (κ1) is 31.0. The predicted molar refractivity (Wildman–Crippen MR) is 162 cm³/mol. The van der Waals surface area contributed by atoms with Crippen molar-refractivity contribution >= 4 is 0 Å². The molecular formula is C35H54O2. The molecule has 0 saturated carbocycles. The van der Waals surface area contributed by atoms with Gasteiger partial charge < -0.3 is 9.47 Å². The molecule has 2 nitrogen and oxygen atoms in total. The van der Waals surface area contributed by atoms with Crippen LogP contribution in [0.15, 0.2) is 61.2 Å². The number of unbranched alkanes of at least 4 members (excludes halogenated alkanes) is 16. The Labute approximate surface area is 228 Å². The lowest BCUT2D eigenvalue weighted by molar-refractivity contribution is 0.304. The van der Waals surface area contributed by atoms with E-state index in [-0.39, 0.29) is 0 Å². The van der Waals surface area contributed by atoms with Gasteiger partial charge in [0.05, 0.1) is 13.2 Å². The number of benzene rings is 2. The molecule has 0 fully saturated rings. The van der Waals surface area contributed by atoms with Gasteiger partial charge in [-0.2, -0.15) is 0 Å². The third-order valence-corrected chi connectivity index (χ3v) is 7.13. The van der Waals surface area contributed by atoms with E-state index in [1.165, 1.54) is 107 Å². The fraction of sp³-hybridized carbons (Fsp3) is 0.600. The smallest absolute Gasteiger partial charge is 0.119 e. The molecule has 0 aliphatic carbocycles. The molecule has 0 spiro atoms. The molecule has 2 aromatic carbocycles.